The summed E-state index contributed by atoms with van der Waals surface area (Å²) < 4.78 is 13.3. The SMILES string of the molecule is CCOC(=O)C1=C(C)N=c2s/c(=C/c3ccc(OCc4ccc(Cl)c(Cl)c4)cc3)c(=O)n2[C@@H]1c1cccs1. The zero-order valence-corrected chi connectivity index (χ0v) is 23.6. The van der Waals surface area contributed by atoms with Gasteiger partial charge < -0.3 is 9.47 Å². The molecule has 3 heterocycles. The second kappa shape index (κ2) is 11.3. The van der Waals surface area contributed by atoms with Crippen molar-refractivity contribution in [2.75, 3.05) is 6.61 Å². The first-order chi connectivity index (χ1) is 18.4. The maximum Gasteiger partial charge on any atom is 0.338 e. The molecule has 194 valence electrons. The predicted molar refractivity (Wildman–Crippen MR) is 152 cm³/mol. The fourth-order valence-electron chi connectivity index (χ4n) is 4.12. The van der Waals surface area contributed by atoms with Gasteiger partial charge in [-0.1, -0.05) is 58.8 Å². The minimum absolute atomic E-state index is 0.207. The van der Waals surface area contributed by atoms with Crippen molar-refractivity contribution in [3.8, 4) is 5.75 Å². The third-order valence-electron chi connectivity index (χ3n) is 5.90. The largest absolute Gasteiger partial charge is 0.489 e. The lowest BCUT2D eigenvalue weighted by Gasteiger charge is -2.23. The maximum absolute atomic E-state index is 13.6. The van der Waals surface area contributed by atoms with Gasteiger partial charge in [0.25, 0.3) is 5.56 Å². The normalized spacial score (nSPS) is 15.3. The minimum Gasteiger partial charge on any atom is -0.489 e. The van der Waals surface area contributed by atoms with Crippen LogP contribution in [0.15, 0.2) is 81.0 Å². The van der Waals surface area contributed by atoms with E-state index in [1.807, 2.05) is 53.9 Å². The number of hydrogen-bond donors (Lipinski definition) is 0. The molecule has 0 saturated heterocycles. The number of allylic oxidation sites excluding steroid dienone is 1. The fourth-order valence-corrected chi connectivity index (χ4v) is 6.31. The van der Waals surface area contributed by atoms with E-state index in [0.29, 0.717) is 43.0 Å². The first-order valence-electron chi connectivity index (χ1n) is 11.8. The van der Waals surface area contributed by atoms with Gasteiger partial charge in [0.15, 0.2) is 4.80 Å². The highest BCUT2D eigenvalue weighted by Crippen LogP contribution is 2.33. The van der Waals surface area contributed by atoms with Crippen LogP contribution in [-0.2, 0) is 16.1 Å². The molecule has 10 heteroatoms. The smallest absolute Gasteiger partial charge is 0.338 e. The number of aromatic nitrogens is 1. The minimum atomic E-state index is -0.579. The molecule has 0 aliphatic carbocycles. The monoisotopic (exact) mass is 584 g/mol. The van der Waals surface area contributed by atoms with Crippen LogP contribution in [0.4, 0.5) is 0 Å². The summed E-state index contributed by atoms with van der Waals surface area (Å²) in [5.74, 6) is 0.222. The Bertz CT molecular complexity index is 1700. The van der Waals surface area contributed by atoms with Crippen LogP contribution in [0.5, 0.6) is 5.75 Å². The summed E-state index contributed by atoms with van der Waals surface area (Å²) in [7, 11) is 0. The zero-order valence-electron chi connectivity index (χ0n) is 20.4. The molecule has 6 nitrogen and oxygen atoms in total. The first kappa shape index (κ1) is 26.4. The van der Waals surface area contributed by atoms with Gasteiger partial charge in [-0.2, -0.15) is 0 Å². The molecule has 5 rings (SSSR count). The molecule has 38 heavy (non-hydrogen) atoms. The maximum atomic E-state index is 13.6. The van der Waals surface area contributed by atoms with Crippen LogP contribution in [0.2, 0.25) is 10.0 Å². The topological polar surface area (TPSA) is 69.9 Å². The van der Waals surface area contributed by atoms with Crippen molar-refractivity contribution in [3.05, 3.63) is 117 Å². The second-order valence-corrected chi connectivity index (χ2v) is 11.2. The van der Waals surface area contributed by atoms with Crippen LogP contribution in [-0.4, -0.2) is 17.1 Å². The third-order valence-corrected chi connectivity index (χ3v) is 8.54. The van der Waals surface area contributed by atoms with Crippen molar-refractivity contribution in [1.82, 2.24) is 4.57 Å². The van der Waals surface area contributed by atoms with Gasteiger partial charge in [-0.3, -0.25) is 9.36 Å². The number of fused-ring (bicyclic) bond motifs is 1. The molecule has 0 amide bonds. The summed E-state index contributed by atoms with van der Waals surface area (Å²) in [5, 5.41) is 2.91. The number of ether oxygens (including phenoxy) is 2. The standard InChI is InChI=1S/C28H22Cl2N2O4S2/c1-3-35-27(34)24-16(2)31-28-32(25(24)22-5-4-12-37-22)26(33)23(38-28)14-17-6-9-19(10-7-17)36-15-18-8-11-20(29)21(30)13-18/h4-14,25H,3,15H2,1-2H3/b23-14+/t25-/m1/s1. The van der Waals surface area contributed by atoms with E-state index in [9.17, 15) is 9.59 Å². The Hall–Kier alpha value is -3.17. The average Bonchev–Trinajstić information content (AvgIpc) is 3.53. The molecule has 0 fully saturated rings. The lowest BCUT2D eigenvalue weighted by molar-refractivity contribution is -0.139. The van der Waals surface area contributed by atoms with Gasteiger partial charge in [0, 0.05) is 4.88 Å². The Labute approximate surface area is 236 Å². The molecule has 4 aromatic rings. The Morgan fingerprint density at radius 2 is 1.92 bits per heavy atom. The van der Waals surface area contributed by atoms with E-state index < -0.39 is 12.0 Å². The number of carbonyl (C=O) groups is 1. The highest BCUT2D eigenvalue weighted by Gasteiger charge is 2.33. The average molecular weight is 586 g/mol. The van der Waals surface area contributed by atoms with Crippen molar-refractivity contribution in [2.45, 2.75) is 26.5 Å². The van der Waals surface area contributed by atoms with E-state index in [0.717, 1.165) is 16.0 Å². The van der Waals surface area contributed by atoms with Crippen LogP contribution < -0.4 is 19.6 Å². The van der Waals surface area contributed by atoms with E-state index in [1.165, 1.54) is 22.7 Å². The predicted octanol–water partition coefficient (Wildman–Crippen LogP) is 5.75. The van der Waals surface area contributed by atoms with Gasteiger partial charge in [0.05, 0.1) is 32.5 Å². The number of nitrogens with zero attached hydrogens (tertiary/aromatic N) is 2. The van der Waals surface area contributed by atoms with Crippen LogP contribution >= 0.6 is 45.9 Å². The van der Waals surface area contributed by atoms with Crippen molar-refractivity contribution in [3.63, 3.8) is 0 Å². The number of hydrogen-bond acceptors (Lipinski definition) is 7. The van der Waals surface area contributed by atoms with Gasteiger partial charge in [-0.15, -0.1) is 11.3 Å². The van der Waals surface area contributed by atoms with Crippen LogP contribution in [0.25, 0.3) is 6.08 Å². The number of carbonyl (C=O) groups excluding carboxylic acids is 1. The molecule has 1 aliphatic heterocycles. The molecule has 2 aromatic carbocycles. The van der Waals surface area contributed by atoms with Crippen molar-refractivity contribution in [1.29, 1.82) is 0 Å². The Morgan fingerprint density at radius 1 is 1.13 bits per heavy atom. The summed E-state index contributed by atoms with van der Waals surface area (Å²) >= 11 is 14.8. The number of thiazole rings is 1. The summed E-state index contributed by atoms with van der Waals surface area (Å²) in [6, 6.07) is 16.1. The lowest BCUT2D eigenvalue weighted by atomic mass is 10.0. The number of rotatable bonds is 7. The molecular formula is C28H22Cl2N2O4S2. The van der Waals surface area contributed by atoms with Gasteiger partial charge in [0.1, 0.15) is 18.4 Å². The molecule has 0 spiro atoms. The summed E-state index contributed by atoms with van der Waals surface area (Å²) in [5.41, 5.74) is 2.48. The first-order valence-corrected chi connectivity index (χ1v) is 14.2. The van der Waals surface area contributed by atoms with E-state index >= 15 is 0 Å². The molecule has 0 unspecified atom stereocenters. The molecule has 0 saturated carbocycles. The summed E-state index contributed by atoms with van der Waals surface area (Å²) in [4.78, 5) is 32.5. The number of halogens is 2. The van der Waals surface area contributed by atoms with Crippen LogP contribution in [0.3, 0.4) is 0 Å². The molecular weight excluding hydrogens is 563 g/mol. The summed E-state index contributed by atoms with van der Waals surface area (Å²) in [6.07, 6.45) is 1.82. The van der Waals surface area contributed by atoms with Gasteiger partial charge >= 0.3 is 5.97 Å². The Balaban J connectivity index is 1.45. The molecule has 0 radical (unpaired) electrons. The molecule has 0 bridgehead atoms. The number of benzene rings is 2. The van der Waals surface area contributed by atoms with E-state index in [1.54, 1.807) is 30.5 Å². The molecule has 1 atom stereocenters. The highest BCUT2D eigenvalue weighted by atomic mass is 35.5. The second-order valence-electron chi connectivity index (χ2n) is 8.42. The van der Waals surface area contributed by atoms with Crippen LogP contribution in [0.1, 0.15) is 35.9 Å². The van der Waals surface area contributed by atoms with Gasteiger partial charge in [-0.05, 0) is 66.8 Å². The van der Waals surface area contributed by atoms with Gasteiger partial charge in [0.2, 0.25) is 0 Å². The lowest BCUT2D eigenvalue weighted by Crippen LogP contribution is -2.39. The molecule has 0 N–H and O–H groups in total. The molecule has 1 aliphatic rings. The Kier molecular flexibility index (Phi) is 7.85. The molecule has 2 aromatic heterocycles. The van der Waals surface area contributed by atoms with E-state index in [4.69, 9.17) is 32.7 Å². The van der Waals surface area contributed by atoms with Crippen molar-refractivity contribution < 1.29 is 14.3 Å². The van der Waals surface area contributed by atoms with Gasteiger partial charge in [-0.25, -0.2) is 9.79 Å². The number of thiophene rings is 1. The Morgan fingerprint density at radius 3 is 2.61 bits per heavy atom. The fraction of sp³-hybridized carbons (Fsp3) is 0.179. The highest BCUT2D eigenvalue weighted by molar-refractivity contribution is 7.10. The van der Waals surface area contributed by atoms with E-state index in [-0.39, 0.29) is 12.2 Å². The quantitative estimate of drug-likeness (QED) is 0.259. The zero-order chi connectivity index (χ0) is 26.8. The van der Waals surface area contributed by atoms with E-state index in [2.05, 4.69) is 4.99 Å². The van der Waals surface area contributed by atoms with Crippen molar-refractivity contribution in [2.24, 2.45) is 4.99 Å². The third kappa shape index (κ3) is 5.35. The van der Waals surface area contributed by atoms with Crippen molar-refractivity contribution >= 4 is 57.9 Å². The van der Waals surface area contributed by atoms with Crippen LogP contribution in [0, 0.1) is 0 Å². The summed E-state index contributed by atoms with van der Waals surface area (Å²) in [6.45, 7) is 4.12. The number of esters is 1.